The van der Waals surface area contributed by atoms with Gasteiger partial charge in [-0.2, -0.15) is 0 Å². The lowest BCUT2D eigenvalue weighted by atomic mass is 9.97. The third-order valence-electron chi connectivity index (χ3n) is 9.84. The van der Waals surface area contributed by atoms with Gasteiger partial charge in [0.05, 0.1) is 16.6 Å². The van der Waals surface area contributed by atoms with E-state index in [0.717, 1.165) is 17.1 Å². The molecule has 2 aromatic heterocycles. The van der Waals surface area contributed by atoms with Gasteiger partial charge >= 0.3 is 0 Å². The monoisotopic (exact) mass is 598 g/mol. The van der Waals surface area contributed by atoms with Gasteiger partial charge < -0.3 is 9.30 Å². The zero-order chi connectivity index (χ0) is 31.1. The Balaban J connectivity index is 1.29. The van der Waals surface area contributed by atoms with Gasteiger partial charge in [0, 0.05) is 38.6 Å². The molecule has 0 N–H and O–H groups in total. The lowest BCUT2D eigenvalue weighted by Crippen LogP contribution is -2.09. The Labute approximate surface area is 272 Å². The lowest BCUT2D eigenvalue weighted by Gasteiger charge is -2.25. The van der Waals surface area contributed by atoms with Crippen LogP contribution in [0.3, 0.4) is 0 Å². The molecule has 0 amide bonds. The summed E-state index contributed by atoms with van der Waals surface area (Å²) in [6.07, 6.45) is 0. The molecular weight excluding hydrogens is 569 g/mol. The van der Waals surface area contributed by atoms with E-state index in [0.29, 0.717) is 0 Å². The molecule has 0 fully saturated rings. The van der Waals surface area contributed by atoms with E-state index < -0.39 is 0 Å². The van der Waals surface area contributed by atoms with E-state index in [9.17, 15) is 0 Å². The quantitative estimate of drug-likeness (QED) is 0.196. The van der Waals surface area contributed by atoms with Crippen LogP contribution < -0.4 is 4.90 Å². The summed E-state index contributed by atoms with van der Waals surface area (Å²) in [5.41, 5.74) is 11.0. The number of fused-ring (bicyclic) bond motifs is 8. The van der Waals surface area contributed by atoms with Crippen LogP contribution in [0.5, 0.6) is 0 Å². The Morgan fingerprint density at radius 2 is 0.915 bits per heavy atom. The van der Waals surface area contributed by atoms with E-state index in [-0.39, 0.29) is 0 Å². The first-order chi connectivity index (χ1) is 23.2. The largest absolute Gasteiger partial charge is 0.310 e. The van der Waals surface area contributed by atoms with E-state index in [1.807, 2.05) is 0 Å². The Morgan fingerprint density at radius 3 is 1.51 bits per heavy atom. The molecule has 0 saturated heterocycles. The van der Waals surface area contributed by atoms with Gasteiger partial charge in [-0.25, -0.2) is 0 Å². The SMILES string of the molecule is Cc1ccc2cc3c4cc(-c5ccccc5)cc5c6cc7ccc(N(c8ccccc8)c8ccccc8)cc7cc6n(c3cc2c1)c45. The van der Waals surface area contributed by atoms with Crippen molar-refractivity contribution in [3.8, 4) is 11.1 Å². The van der Waals surface area contributed by atoms with Crippen molar-refractivity contribution >= 4 is 76.7 Å². The molecule has 0 aliphatic carbocycles. The fourth-order valence-electron chi connectivity index (χ4n) is 7.67. The van der Waals surface area contributed by atoms with Crippen molar-refractivity contribution in [2.24, 2.45) is 0 Å². The molecule has 2 nitrogen and oxygen atoms in total. The number of rotatable bonds is 4. The van der Waals surface area contributed by atoms with Crippen LogP contribution in [-0.4, -0.2) is 4.40 Å². The fraction of sp³-hybridized carbons (Fsp3) is 0.0222. The zero-order valence-electron chi connectivity index (χ0n) is 26.0. The third kappa shape index (κ3) is 3.98. The Kier molecular flexibility index (Phi) is 5.53. The van der Waals surface area contributed by atoms with Gasteiger partial charge in [-0.1, -0.05) is 96.6 Å². The van der Waals surface area contributed by atoms with Crippen LogP contribution in [0.15, 0.2) is 164 Å². The highest BCUT2D eigenvalue weighted by Crippen LogP contribution is 2.44. The van der Waals surface area contributed by atoms with Crippen LogP contribution in [-0.2, 0) is 0 Å². The maximum Gasteiger partial charge on any atom is 0.0620 e. The van der Waals surface area contributed by atoms with Crippen molar-refractivity contribution in [1.82, 2.24) is 4.40 Å². The first-order valence-electron chi connectivity index (χ1n) is 16.3. The topological polar surface area (TPSA) is 7.65 Å². The first-order valence-corrected chi connectivity index (χ1v) is 16.3. The molecule has 0 bridgehead atoms. The number of aromatic nitrogens is 1. The average molecular weight is 599 g/mol. The molecule has 8 aromatic carbocycles. The highest BCUT2D eigenvalue weighted by molar-refractivity contribution is 6.27. The molecule has 0 saturated carbocycles. The van der Waals surface area contributed by atoms with Gasteiger partial charge in [0.1, 0.15) is 0 Å². The number of hydrogen-bond donors (Lipinski definition) is 0. The summed E-state index contributed by atoms with van der Waals surface area (Å²) in [6, 6.07) is 60.1. The molecule has 0 aliphatic heterocycles. The van der Waals surface area contributed by atoms with Crippen molar-refractivity contribution in [3.63, 3.8) is 0 Å². The van der Waals surface area contributed by atoms with E-state index in [1.54, 1.807) is 0 Å². The first kappa shape index (κ1) is 26.1. The molecular formula is C45H30N2. The van der Waals surface area contributed by atoms with Crippen LogP contribution >= 0.6 is 0 Å². The zero-order valence-corrected chi connectivity index (χ0v) is 26.0. The van der Waals surface area contributed by atoms with Crippen molar-refractivity contribution in [2.45, 2.75) is 6.92 Å². The summed E-state index contributed by atoms with van der Waals surface area (Å²) in [4.78, 5) is 2.34. The minimum absolute atomic E-state index is 1.14. The molecule has 0 radical (unpaired) electrons. The van der Waals surface area contributed by atoms with Crippen LogP contribution in [0.1, 0.15) is 5.56 Å². The van der Waals surface area contributed by atoms with Gasteiger partial charge in [-0.15, -0.1) is 0 Å². The van der Waals surface area contributed by atoms with Crippen LogP contribution in [0.4, 0.5) is 17.1 Å². The second-order valence-corrected chi connectivity index (χ2v) is 12.7. The van der Waals surface area contributed by atoms with Gasteiger partial charge in [-0.3, -0.25) is 0 Å². The predicted octanol–water partition coefficient (Wildman–Crippen LogP) is 12.6. The molecule has 0 atom stereocenters. The average Bonchev–Trinajstić information content (AvgIpc) is 3.61. The van der Waals surface area contributed by atoms with Gasteiger partial charge in [-0.05, 0) is 112 Å². The normalized spacial score (nSPS) is 11.9. The minimum Gasteiger partial charge on any atom is -0.310 e. The van der Waals surface area contributed by atoms with Crippen molar-refractivity contribution in [2.75, 3.05) is 4.90 Å². The summed E-state index contributed by atoms with van der Waals surface area (Å²) in [5.74, 6) is 0. The number of anilines is 3. The highest BCUT2D eigenvalue weighted by Gasteiger charge is 2.21. The van der Waals surface area contributed by atoms with E-state index in [4.69, 9.17) is 0 Å². The molecule has 10 rings (SSSR count). The van der Waals surface area contributed by atoms with Crippen molar-refractivity contribution < 1.29 is 0 Å². The van der Waals surface area contributed by atoms with E-state index in [1.165, 1.54) is 76.3 Å². The maximum absolute atomic E-state index is 2.52. The van der Waals surface area contributed by atoms with Crippen molar-refractivity contribution in [3.05, 3.63) is 169 Å². The molecule has 0 spiro atoms. The predicted molar refractivity (Wildman–Crippen MR) is 201 cm³/mol. The summed E-state index contributed by atoms with van der Waals surface area (Å²) >= 11 is 0. The van der Waals surface area contributed by atoms with Gasteiger partial charge in [0.2, 0.25) is 0 Å². The molecule has 220 valence electrons. The van der Waals surface area contributed by atoms with Crippen LogP contribution in [0, 0.1) is 6.92 Å². The number of hydrogen-bond acceptors (Lipinski definition) is 1. The number of aryl methyl sites for hydroxylation is 1. The lowest BCUT2D eigenvalue weighted by molar-refractivity contribution is 1.29. The Hall–Kier alpha value is -6.12. The van der Waals surface area contributed by atoms with E-state index >= 15 is 0 Å². The standard InChI is InChI=1S/C45H30N2/c1-29-17-18-31-23-39-41-25-35(30-11-5-2-6-12-30)26-42-40-24-32-19-20-38(46(36-13-7-3-8-14-36)37-15-9-4-10-16-37)22-34(32)28-44(40)47(45(41)42)43(39)27-33(31)21-29/h2-28H,1H3. The summed E-state index contributed by atoms with van der Waals surface area (Å²) < 4.78 is 2.52. The Bertz CT molecular complexity index is 2740. The van der Waals surface area contributed by atoms with Gasteiger partial charge in [0.25, 0.3) is 0 Å². The number of benzene rings is 8. The minimum atomic E-state index is 1.14. The van der Waals surface area contributed by atoms with Crippen molar-refractivity contribution in [1.29, 1.82) is 0 Å². The van der Waals surface area contributed by atoms with Crippen LogP contribution in [0.25, 0.3) is 70.8 Å². The van der Waals surface area contributed by atoms with E-state index in [2.05, 4.69) is 180 Å². The second kappa shape index (κ2) is 9.94. The Morgan fingerprint density at radius 1 is 0.383 bits per heavy atom. The second-order valence-electron chi connectivity index (χ2n) is 12.7. The fourth-order valence-corrected chi connectivity index (χ4v) is 7.67. The molecule has 0 unspecified atom stereocenters. The summed E-state index contributed by atoms with van der Waals surface area (Å²) in [6.45, 7) is 2.18. The highest BCUT2D eigenvalue weighted by atomic mass is 15.1. The smallest absolute Gasteiger partial charge is 0.0620 e. The summed E-state index contributed by atoms with van der Waals surface area (Å²) in [7, 11) is 0. The molecule has 47 heavy (non-hydrogen) atoms. The summed E-state index contributed by atoms with van der Waals surface area (Å²) in [5, 5.41) is 10.2. The molecule has 2 heteroatoms. The maximum atomic E-state index is 2.52. The third-order valence-corrected chi connectivity index (χ3v) is 9.84. The van der Waals surface area contributed by atoms with Gasteiger partial charge in [0.15, 0.2) is 0 Å². The molecule has 0 aliphatic rings. The molecule has 2 heterocycles. The van der Waals surface area contributed by atoms with Crippen LogP contribution in [0.2, 0.25) is 0 Å². The number of para-hydroxylation sites is 2. The molecule has 10 aromatic rings. The number of nitrogens with zero attached hydrogens (tertiary/aromatic N) is 2.